The Morgan fingerprint density at radius 3 is 2.88 bits per heavy atom. The summed E-state index contributed by atoms with van der Waals surface area (Å²) in [5.74, 6) is 0. The lowest BCUT2D eigenvalue weighted by molar-refractivity contribution is 1.11. The molecule has 1 heterocycles. The number of pyridine rings is 1. The van der Waals surface area contributed by atoms with Crippen molar-refractivity contribution in [1.82, 2.24) is 4.98 Å². The molecular weight excluding hydrogens is 212 g/mol. The number of nitrogens with zero attached hydrogens (tertiary/aromatic N) is 1. The van der Waals surface area contributed by atoms with Crippen LogP contribution in [-0.4, -0.2) is 4.98 Å². The van der Waals surface area contributed by atoms with Crippen molar-refractivity contribution in [2.45, 2.75) is 13.3 Å². The molecule has 0 atom stereocenters. The number of rotatable bonds is 2. The minimum atomic E-state index is -0.322. The largest absolute Gasteiger partial charge is 0.328 e. The average Bonchev–Trinajstić information content (AvgIpc) is 2.29. The summed E-state index contributed by atoms with van der Waals surface area (Å²) in [4.78, 5) is 14.0. The van der Waals surface area contributed by atoms with E-state index < -0.39 is 0 Å². The van der Waals surface area contributed by atoms with Gasteiger partial charge < -0.3 is 4.98 Å². The molecule has 1 aromatic heterocycles. The molecule has 84 valence electrons. The molecule has 0 bridgehead atoms. The predicted octanol–water partition coefficient (Wildman–Crippen LogP) is 2.15. The lowest BCUT2D eigenvalue weighted by Gasteiger charge is -2.04. The molecule has 0 amide bonds. The Kier molecular flexibility index (Phi) is 3.06. The second kappa shape index (κ2) is 4.67. The van der Waals surface area contributed by atoms with Crippen molar-refractivity contribution in [2.24, 2.45) is 0 Å². The van der Waals surface area contributed by atoms with Crippen LogP contribution in [0.4, 0.5) is 0 Å². The van der Waals surface area contributed by atoms with Gasteiger partial charge in [-0.3, -0.25) is 4.79 Å². The first kappa shape index (κ1) is 11.2. The van der Waals surface area contributed by atoms with Crippen molar-refractivity contribution in [1.29, 1.82) is 5.26 Å². The third kappa shape index (κ3) is 2.43. The second-order valence-electron chi connectivity index (χ2n) is 3.98. The molecule has 1 N–H and O–H groups in total. The van der Waals surface area contributed by atoms with Gasteiger partial charge in [-0.15, -0.1) is 0 Å². The van der Waals surface area contributed by atoms with Gasteiger partial charge in [-0.05, 0) is 30.5 Å². The molecule has 0 saturated carbocycles. The van der Waals surface area contributed by atoms with Crippen LogP contribution in [0.2, 0.25) is 0 Å². The molecule has 2 aromatic rings. The van der Waals surface area contributed by atoms with Crippen molar-refractivity contribution in [3.05, 3.63) is 69.1 Å². The van der Waals surface area contributed by atoms with E-state index in [1.807, 2.05) is 31.2 Å². The lowest BCUT2D eigenvalue weighted by Crippen LogP contribution is -2.12. The van der Waals surface area contributed by atoms with Gasteiger partial charge in [0.05, 0.1) is 0 Å². The molecule has 1 aromatic carbocycles. The topological polar surface area (TPSA) is 56.6 Å². The van der Waals surface area contributed by atoms with Crippen LogP contribution in [0.3, 0.4) is 0 Å². The number of hydrogen-bond donors (Lipinski definition) is 1. The van der Waals surface area contributed by atoms with Gasteiger partial charge >= 0.3 is 0 Å². The van der Waals surface area contributed by atoms with Gasteiger partial charge in [-0.2, -0.15) is 5.26 Å². The SMILES string of the molecule is Cc1cccc(Cc2cc[nH]c(=O)c2C#N)c1. The molecule has 0 radical (unpaired) electrons. The van der Waals surface area contributed by atoms with Gasteiger partial charge in [-0.25, -0.2) is 0 Å². The maximum Gasteiger partial charge on any atom is 0.266 e. The van der Waals surface area contributed by atoms with Crippen molar-refractivity contribution in [3.8, 4) is 6.07 Å². The third-order valence-corrected chi connectivity index (χ3v) is 2.64. The number of H-pyrrole nitrogens is 1. The number of nitrogens with one attached hydrogen (secondary N) is 1. The van der Waals surface area contributed by atoms with Crippen LogP contribution in [0.5, 0.6) is 0 Å². The quantitative estimate of drug-likeness (QED) is 0.849. The number of benzene rings is 1. The summed E-state index contributed by atoms with van der Waals surface area (Å²) in [6.07, 6.45) is 2.18. The molecule has 0 saturated heterocycles. The molecule has 3 nitrogen and oxygen atoms in total. The Labute approximate surface area is 99.4 Å². The zero-order valence-corrected chi connectivity index (χ0v) is 9.53. The molecule has 0 aliphatic carbocycles. The molecule has 0 aliphatic rings. The van der Waals surface area contributed by atoms with E-state index in [9.17, 15) is 4.79 Å². The monoisotopic (exact) mass is 224 g/mol. The Morgan fingerprint density at radius 1 is 1.35 bits per heavy atom. The van der Waals surface area contributed by atoms with E-state index in [-0.39, 0.29) is 11.1 Å². The lowest BCUT2D eigenvalue weighted by atomic mass is 10.0. The summed E-state index contributed by atoms with van der Waals surface area (Å²) in [6, 6.07) is 11.8. The molecule has 3 heteroatoms. The fourth-order valence-corrected chi connectivity index (χ4v) is 1.83. The minimum absolute atomic E-state index is 0.203. The van der Waals surface area contributed by atoms with E-state index in [0.29, 0.717) is 6.42 Å². The van der Waals surface area contributed by atoms with Gasteiger partial charge in [0.25, 0.3) is 5.56 Å². The fourth-order valence-electron chi connectivity index (χ4n) is 1.83. The third-order valence-electron chi connectivity index (χ3n) is 2.64. The zero-order valence-electron chi connectivity index (χ0n) is 9.53. The van der Waals surface area contributed by atoms with Crippen molar-refractivity contribution in [2.75, 3.05) is 0 Å². The van der Waals surface area contributed by atoms with E-state index >= 15 is 0 Å². The Hall–Kier alpha value is -2.34. The van der Waals surface area contributed by atoms with Crippen LogP contribution >= 0.6 is 0 Å². The zero-order chi connectivity index (χ0) is 12.3. The summed E-state index contributed by atoms with van der Waals surface area (Å²) < 4.78 is 0. The first-order valence-corrected chi connectivity index (χ1v) is 5.37. The highest BCUT2D eigenvalue weighted by molar-refractivity contribution is 5.38. The van der Waals surface area contributed by atoms with E-state index in [2.05, 4.69) is 11.1 Å². The highest BCUT2D eigenvalue weighted by atomic mass is 16.1. The summed E-state index contributed by atoms with van der Waals surface area (Å²) in [5.41, 5.74) is 2.92. The van der Waals surface area contributed by atoms with E-state index in [1.54, 1.807) is 12.3 Å². The molecule has 0 aliphatic heterocycles. The van der Waals surface area contributed by atoms with Gasteiger partial charge in [0.2, 0.25) is 0 Å². The molecule has 0 unspecified atom stereocenters. The highest BCUT2D eigenvalue weighted by Gasteiger charge is 2.06. The van der Waals surface area contributed by atoms with E-state index in [4.69, 9.17) is 5.26 Å². The van der Waals surface area contributed by atoms with E-state index in [0.717, 1.165) is 11.1 Å². The normalized spacial score (nSPS) is 9.88. The molecule has 2 rings (SSSR count). The summed E-state index contributed by atoms with van der Waals surface area (Å²) in [5, 5.41) is 8.96. The van der Waals surface area contributed by atoms with Crippen LogP contribution in [0.25, 0.3) is 0 Å². The van der Waals surface area contributed by atoms with Crippen LogP contribution in [0.15, 0.2) is 41.3 Å². The first-order valence-electron chi connectivity index (χ1n) is 5.37. The van der Waals surface area contributed by atoms with Crippen LogP contribution in [-0.2, 0) is 6.42 Å². The molecule has 0 fully saturated rings. The number of nitriles is 1. The summed E-state index contributed by atoms with van der Waals surface area (Å²) in [6.45, 7) is 2.02. The van der Waals surface area contributed by atoms with Crippen LogP contribution in [0.1, 0.15) is 22.3 Å². The van der Waals surface area contributed by atoms with Crippen molar-refractivity contribution < 1.29 is 0 Å². The fraction of sp³-hybridized carbons (Fsp3) is 0.143. The maximum atomic E-state index is 11.5. The summed E-state index contributed by atoms with van der Waals surface area (Å²) in [7, 11) is 0. The van der Waals surface area contributed by atoms with Crippen molar-refractivity contribution >= 4 is 0 Å². The average molecular weight is 224 g/mol. The molecule has 17 heavy (non-hydrogen) atoms. The van der Waals surface area contributed by atoms with Crippen LogP contribution < -0.4 is 5.56 Å². The number of aromatic amines is 1. The minimum Gasteiger partial charge on any atom is -0.328 e. The molecular formula is C14H12N2O. The Balaban J connectivity index is 2.41. The highest BCUT2D eigenvalue weighted by Crippen LogP contribution is 2.12. The van der Waals surface area contributed by atoms with Crippen LogP contribution in [0, 0.1) is 18.3 Å². The van der Waals surface area contributed by atoms with E-state index in [1.165, 1.54) is 5.56 Å². The van der Waals surface area contributed by atoms with Gasteiger partial charge in [0.1, 0.15) is 11.6 Å². The number of aryl methyl sites for hydroxylation is 1. The van der Waals surface area contributed by atoms with Gasteiger partial charge in [0.15, 0.2) is 0 Å². The second-order valence-corrected chi connectivity index (χ2v) is 3.98. The standard InChI is InChI=1S/C14H12N2O/c1-10-3-2-4-11(7-10)8-12-5-6-16-14(17)13(12)9-15/h2-7H,8H2,1H3,(H,16,17). The Morgan fingerprint density at radius 2 is 2.18 bits per heavy atom. The van der Waals surface area contributed by atoms with Gasteiger partial charge in [0, 0.05) is 6.20 Å². The van der Waals surface area contributed by atoms with Crippen molar-refractivity contribution in [3.63, 3.8) is 0 Å². The Bertz CT molecular complexity index is 635. The van der Waals surface area contributed by atoms with Gasteiger partial charge in [-0.1, -0.05) is 29.8 Å². The maximum absolute atomic E-state index is 11.5. The predicted molar refractivity (Wildman–Crippen MR) is 65.8 cm³/mol. The number of hydrogen-bond acceptors (Lipinski definition) is 2. The first-order chi connectivity index (χ1) is 8.20. The molecule has 0 spiro atoms. The smallest absolute Gasteiger partial charge is 0.266 e. The number of aromatic nitrogens is 1. The summed E-state index contributed by atoms with van der Waals surface area (Å²) >= 11 is 0.